The van der Waals surface area contributed by atoms with E-state index < -0.39 is 0 Å². The fourth-order valence-corrected chi connectivity index (χ4v) is 3.75. The molecule has 2 fully saturated rings. The summed E-state index contributed by atoms with van der Waals surface area (Å²) in [5, 5.41) is 0. The number of ether oxygens (including phenoxy) is 3. The van der Waals surface area contributed by atoms with Gasteiger partial charge in [-0.05, 0) is 31.4 Å². The summed E-state index contributed by atoms with van der Waals surface area (Å²) in [7, 11) is 0. The van der Waals surface area contributed by atoms with E-state index in [1.165, 1.54) is 9.75 Å². The predicted octanol–water partition coefficient (Wildman–Crippen LogP) is 3.51. The summed E-state index contributed by atoms with van der Waals surface area (Å²) in [4.78, 5) is 2.78. The van der Waals surface area contributed by atoms with Gasteiger partial charge in [-0.1, -0.05) is 6.92 Å². The van der Waals surface area contributed by atoms with Gasteiger partial charge in [0.05, 0.1) is 25.9 Å². The van der Waals surface area contributed by atoms with Gasteiger partial charge in [0.25, 0.3) is 0 Å². The highest BCUT2D eigenvalue weighted by Gasteiger charge is 2.40. The van der Waals surface area contributed by atoms with Crippen molar-refractivity contribution in [3.63, 3.8) is 0 Å². The first-order valence-corrected chi connectivity index (χ1v) is 8.08. The Balaban J connectivity index is 1.44. The van der Waals surface area contributed by atoms with Crippen molar-refractivity contribution >= 4 is 11.3 Å². The van der Waals surface area contributed by atoms with Gasteiger partial charge in [-0.2, -0.15) is 0 Å². The van der Waals surface area contributed by atoms with Crippen LogP contribution >= 0.6 is 11.3 Å². The Bertz CT molecular complexity index is 399. The van der Waals surface area contributed by atoms with Gasteiger partial charge in [-0.15, -0.1) is 11.3 Å². The minimum atomic E-state index is -0.266. The van der Waals surface area contributed by atoms with Crippen molar-refractivity contribution in [2.45, 2.75) is 57.5 Å². The first-order chi connectivity index (χ1) is 9.30. The SMILES string of the molecule is CCc1ccc(COC2CCC3(CC2)OCCO3)s1. The molecule has 19 heavy (non-hydrogen) atoms. The van der Waals surface area contributed by atoms with E-state index >= 15 is 0 Å². The van der Waals surface area contributed by atoms with Gasteiger partial charge in [0, 0.05) is 22.6 Å². The van der Waals surface area contributed by atoms with Crippen LogP contribution in [0.25, 0.3) is 0 Å². The van der Waals surface area contributed by atoms with Crippen molar-refractivity contribution in [3.8, 4) is 0 Å². The molecule has 2 heterocycles. The second-order valence-corrected chi connectivity index (χ2v) is 6.59. The van der Waals surface area contributed by atoms with Gasteiger partial charge < -0.3 is 14.2 Å². The molecule has 1 saturated carbocycles. The minimum Gasteiger partial charge on any atom is -0.373 e. The summed E-state index contributed by atoms with van der Waals surface area (Å²) in [6.07, 6.45) is 5.53. The molecule has 0 bridgehead atoms. The zero-order valence-corrected chi connectivity index (χ0v) is 12.3. The van der Waals surface area contributed by atoms with Crippen molar-refractivity contribution in [3.05, 3.63) is 21.9 Å². The molecule has 106 valence electrons. The molecule has 3 rings (SSSR count). The third-order valence-electron chi connectivity index (χ3n) is 4.04. The molecular formula is C15H22O3S. The first kappa shape index (κ1) is 13.6. The molecule has 0 unspecified atom stereocenters. The van der Waals surface area contributed by atoms with Crippen molar-refractivity contribution in [1.82, 2.24) is 0 Å². The Morgan fingerprint density at radius 2 is 1.89 bits per heavy atom. The zero-order chi connectivity index (χ0) is 13.1. The maximum atomic E-state index is 6.03. The van der Waals surface area contributed by atoms with Crippen LogP contribution in [0.5, 0.6) is 0 Å². The normalized spacial score (nSPS) is 23.2. The topological polar surface area (TPSA) is 27.7 Å². The minimum absolute atomic E-state index is 0.266. The highest BCUT2D eigenvalue weighted by Crippen LogP contribution is 2.37. The molecule has 4 heteroatoms. The average molecular weight is 282 g/mol. The van der Waals surface area contributed by atoms with Gasteiger partial charge in [-0.3, -0.25) is 0 Å². The van der Waals surface area contributed by atoms with Crippen LogP contribution in [0.4, 0.5) is 0 Å². The highest BCUT2D eigenvalue weighted by molar-refractivity contribution is 7.11. The number of thiophene rings is 1. The second kappa shape index (κ2) is 5.92. The summed E-state index contributed by atoms with van der Waals surface area (Å²) in [6, 6.07) is 4.40. The van der Waals surface area contributed by atoms with Crippen molar-refractivity contribution < 1.29 is 14.2 Å². The van der Waals surface area contributed by atoms with E-state index in [9.17, 15) is 0 Å². The maximum Gasteiger partial charge on any atom is 0.168 e. The summed E-state index contributed by atoms with van der Waals surface area (Å²) in [6.45, 7) is 4.45. The number of hydrogen-bond acceptors (Lipinski definition) is 4. The van der Waals surface area contributed by atoms with E-state index in [0.717, 1.165) is 51.9 Å². The van der Waals surface area contributed by atoms with Crippen LogP contribution in [0, 0.1) is 0 Å². The van der Waals surface area contributed by atoms with Gasteiger partial charge in [0.1, 0.15) is 0 Å². The molecule has 1 aromatic rings. The quantitative estimate of drug-likeness (QED) is 0.846. The number of aryl methyl sites for hydroxylation is 1. The van der Waals surface area contributed by atoms with Gasteiger partial charge in [0.15, 0.2) is 5.79 Å². The lowest BCUT2D eigenvalue weighted by atomic mass is 9.92. The summed E-state index contributed by atoms with van der Waals surface area (Å²) >= 11 is 1.87. The van der Waals surface area contributed by atoms with Crippen LogP contribution < -0.4 is 0 Å². The Kier molecular flexibility index (Phi) is 4.22. The lowest BCUT2D eigenvalue weighted by Gasteiger charge is -2.35. The van der Waals surface area contributed by atoms with E-state index in [0.29, 0.717) is 6.10 Å². The molecule has 3 nitrogen and oxygen atoms in total. The van der Waals surface area contributed by atoms with Crippen molar-refractivity contribution in [1.29, 1.82) is 0 Å². The molecule has 0 aromatic carbocycles. The molecule has 1 saturated heterocycles. The predicted molar refractivity (Wildman–Crippen MR) is 75.4 cm³/mol. The molecule has 2 aliphatic rings. The summed E-state index contributed by atoms with van der Waals surface area (Å²) in [5.74, 6) is -0.266. The van der Waals surface area contributed by atoms with Crippen molar-refractivity contribution in [2.24, 2.45) is 0 Å². The molecule has 1 aliphatic carbocycles. The maximum absolute atomic E-state index is 6.03. The third-order valence-corrected chi connectivity index (χ3v) is 5.24. The smallest absolute Gasteiger partial charge is 0.168 e. The van der Waals surface area contributed by atoms with Crippen molar-refractivity contribution in [2.75, 3.05) is 13.2 Å². The molecule has 1 aliphatic heterocycles. The average Bonchev–Trinajstić information content (AvgIpc) is 3.08. The molecule has 0 radical (unpaired) electrons. The fourth-order valence-electron chi connectivity index (χ4n) is 2.87. The Morgan fingerprint density at radius 3 is 2.53 bits per heavy atom. The van der Waals surface area contributed by atoms with Crippen LogP contribution in [0.15, 0.2) is 12.1 Å². The van der Waals surface area contributed by atoms with E-state index in [1.807, 2.05) is 11.3 Å². The van der Waals surface area contributed by atoms with Crippen LogP contribution in [0.2, 0.25) is 0 Å². The second-order valence-electron chi connectivity index (χ2n) is 5.34. The number of rotatable bonds is 4. The molecular weight excluding hydrogens is 260 g/mol. The van der Waals surface area contributed by atoms with E-state index in [4.69, 9.17) is 14.2 Å². The van der Waals surface area contributed by atoms with Gasteiger partial charge >= 0.3 is 0 Å². The molecule has 0 atom stereocenters. The molecule has 0 amide bonds. The van der Waals surface area contributed by atoms with Gasteiger partial charge in [0.2, 0.25) is 0 Å². The zero-order valence-electron chi connectivity index (χ0n) is 11.5. The van der Waals surface area contributed by atoms with Crippen LogP contribution in [0.1, 0.15) is 42.4 Å². The van der Waals surface area contributed by atoms with E-state index in [2.05, 4.69) is 19.1 Å². The lowest BCUT2D eigenvalue weighted by Crippen LogP contribution is -2.37. The monoisotopic (exact) mass is 282 g/mol. The Morgan fingerprint density at radius 1 is 1.21 bits per heavy atom. The highest BCUT2D eigenvalue weighted by atomic mass is 32.1. The molecule has 1 aromatic heterocycles. The van der Waals surface area contributed by atoms with Crippen LogP contribution in [-0.2, 0) is 27.2 Å². The van der Waals surface area contributed by atoms with Gasteiger partial charge in [-0.25, -0.2) is 0 Å². The largest absolute Gasteiger partial charge is 0.373 e. The third kappa shape index (κ3) is 3.19. The Labute approximate surface area is 118 Å². The molecule has 0 N–H and O–H groups in total. The lowest BCUT2D eigenvalue weighted by molar-refractivity contribution is -0.192. The van der Waals surface area contributed by atoms with E-state index in [1.54, 1.807) is 0 Å². The van der Waals surface area contributed by atoms with E-state index in [-0.39, 0.29) is 5.79 Å². The fraction of sp³-hybridized carbons (Fsp3) is 0.733. The standard InChI is InChI=1S/C15H22O3S/c1-2-13-3-4-14(19-13)11-16-12-5-7-15(8-6-12)17-9-10-18-15/h3-4,12H,2,5-11H2,1H3. The van der Waals surface area contributed by atoms with Crippen LogP contribution in [0.3, 0.4) is 0 Å². The molecule has 1 spiro atoms. The summed E-state index contributed by atoms with van der Waals surface area (Å²) in [5.41, 5.74) is 0. The Hall–Kier alpha value is -0.420. The van der Waals surface area contributed by atoms with Crippen LogP contribution in [-0.4, -0.2) is 25.1 Å². The summed E-state index contributed by atoms with van der Waals surface area (Å²) < 4.78 is 17.5. The first-order valence-electron chi connectivity index (χ1n) is 7.27. The number of hydrogen-bond donors (Lipinski definition) is 0.